The molecule has 0 amide bonds. The predicted molar refractivity (Wildman–Crippen MR) is 185 cm³/mol. The summed E-state index contributed by atoms with van der Waals surface area (Å²) in [4.78, 5) is 0. The summed E-state index contributed by atoms with van der Waals surface area (Å²) in [5.41, 5.74) is 10.6. The van der Waals surface area contributed by atoms with Crippen LogP contribution in [-0.2, 0) is 5.41 Å². The van der Waals surface area contributed by atoms with Crippen LogP contribution in [0.1, 0.15) is 25.0 Å². The Kier molecular flexibility index (Phi) is 5.05. The molecule has 0 aliphatic heterocycles. The van der Waals surface area contributed by atoms with Gasteiger partial charge in [-0.1, -0.05) is 147 Å². The van der Waals surface area contributed by atoms with Crippen LogP contribution in [0.2, 0.25) is 0 Å². The van der Waals surface area contributed by atoms with Gasteiger partial charge in [-0.15, -0.1) is 0 Å². The SMILES string of the molecule is CC1(C)c2ccccc2-c2cc(-c3ccccc3-c3ccc4c5ccccc5c5ccccc5c4c3)c3ccccc3c21. The van der Waals surface area contributed by atoms with Crippen LogP contribution in [0.15, 0.2) is 146 Å². The average Bonchev–Trinajstić information content (AvgIpc) is 3.30. The molecule has 0 aromatic heterocycles. The number of fused-ring (bicyclic) bond motifs is 11. The summed E-state index contributed by atoms with van der Waals surface area (Å²) in [6.45, 7) is 4.75. The van der Waals surface area contributed by atoms with Crippen LogP contribution in [0.4, 0.5) is 0 Å². The largest absolute Gasteiger partial charge is 0.0619 e. The summed E-state index contributed by atoms with van der Waals surface area (Å²) in [5, 5.41) is 10.5. The highest BCUT2D eigenvalue weighted by Gasteiger charge is 2.37. The van der Waals surface area contributed by atoms with Crippen molar-refractivity contribution in [2.45, 2.75) is 19.3 Å². The molecule has 0 radical (unpaired) electrons. The molecule has 0 N–H and O–H groups in total. The van der Waals surface area contributed by atoms with E-state index in [0.29, 0.717) is 0 Å². The molecule has 0 spiro atoms. The van der Waals surface area contributed by atoms with E-state index in [1.165, 1.54) is 87.6 Å². The molecule has 8 aromatic rings. The minimum Gasteiger partial charge on any atom is -0.0619 e. The molecule has 0 heteroatoms. The van der Waals surface area contributed by atoms with E-state index in [-0.39, 0.29) is 5.41 Å². The molecule has 9 rings (SSSR count). The zero-order chi connectivity index (χ0) is 28.7. The van der Waals surface area contributed by atoms with Crippen molar-refractivity contribution in [2.24, 2.45) is 0 Å². The summed E-state index contributed by atoms with van der Waals surface area (Å²) in [5.74, 6) is 0. The van der Waals surface area contributed by atoms with Crippen LogP contribution >= 0.6 is 0 Å². The van der Waals surface area contributed by atoms with Gasteiger partial charge in [-0.25, -0.2) is 0 Å². The molecular formula is C43H30. The van der Waals surface area contributed by atoms with Crippen molar-refractivity contribution in [3.8, 4) is 33.4 Å². The van der Waals surface area contributed by atoms with Gasteiger partial charge >= 0.3 is 0 Å². The van der Waals surface area contributed by atoms with E-state index in [0.717, 1.165) is 0 Å². The molecule has 0 saturated carbocycles. The predicted octanol–water partition coefficient (Wildman–Crippen LogP) is 11.9. The Hall–Kier alpha value is -5.20. The maximum atomic E-state index is 2.47. The fraction of sp³-hybridized carbons (Fsp3) is 0.0698. The van der Waals surface area contributed by atoms with Gasteiger partial charge in [-0.3, -0.25) is 0 Å². The highest BCUT2D eigenvalue weighted by atomic mass is 14.4. The lowest BCUT2D eigenvalue weighted by atomic mass is 9.79. The van der Waals surface area contributed by atoms with Gasteiger partial charge in [0.15, 0.2) is 0 Å². The molecule has 0 fully saturated rings. The van der Waals surface area contributed by atoms with Crippen molar-refractivity contribution in [3.05, 3.63) is 157 Å². The first-order valence-electron chi connectivity index (χ1n) is 15.2. The second-order valence-electron chi connectivity index (χ2n) is 12.5. The third-order valence-electron chi connectivity index (χ3n) is 9.83. The highest BCUT2D eigenvalue weighted by Crippen LogP contribution is 2.53. The van der Waals surface area contributed by atoms with Crippen molar-refractivity contribution in [1.82, 2.24) is 0 Å². The summed E-state index contributed by atoms with van der Waals surface area (Å²) in [7, 11) is 0. The average molecular weight is 547 g/mol. The zero-order valence-electron chi connectivity index (χ0n) is 24.4. The molecule has 1 aliphatic carbocycles. The molecular weight excluding hydrogens is 516 g/mol. The second-order valence-corrected chi connectivity index (χ2v) is 12.5. The number of rotatable bonds is 2. The monoisotopic (exact) mass is 546 g/mol. The topological polar surface area (TPSA) is 0 Å². The lowest BCUT2D eigenvalue weighted by Crippen LogP contribution is -2.15. The van der Waals surface area contributed by atoms with Crippen LogP contribution in [0.25, 0.3) is 76.5 Å². The van der Waals surface area contributed by atoms with Crippen molar-refractivity contribution in [2.75, 3.05) is 0 Å². The molecule has 43 heavy (non-hydrogen) atoms. The number of benzene rings is 8. The van der Waals surface area contributed by atoms with Crippen LogP contribution in [0.5, 0.6) is 0 Å². The van der Waals surface area contributed by atoms with E-state index in [9.17, 15) is 0 Å². The third kappa shape index (κ3) is 3.38. The molecule has 0 saturated heterocycles. The van der Waals surface area contributed by atoms with E-state index < -0.39 is 0 Å². The molecule has 202 valence electrons. The van der Waals surface area contributed by atoms with Gasteiger partial charge < -0.3 is 0 Å². The van der Waals surface area contributed by atoms with Gasteiger partial charge in [-0.05, 0) is 99.7 Å². The standard InChI is InChI=1S/C43H30/c1-43(2)41-22-12-11-20-36(41)40-26-39(34-19-9-10-21-37(34)42(40)43)29-14-4-3-13-28(29)27-23-24-35-32-17-6-5-15-30(32)31-16-7-8-18-33(31)38(35)25-27/h3-26H,1-2H3. The first-order chi connectivity index (χ1) is 21.1. The van der Waals surface area contributed by atoms with Gasteiger partial charge in [0.05, 0.1) is 0 Å². The quantitative estimate of drug-likeness (QED) is 0.189. The van der Waals surface area contributed by atoms with Gasteiger partial charge in [0.2, 0.25) is 0 Å². The van der Waals surface area contributed by atoms with Crippen molar-refractivity contribution >= 4 is 43.1 Å². The summed E-state index contributed by atoms with van der Waals surface area (Å²) in [6.07, 6.45) is 0. The summed E-state index contributed by atoms with van der Waals surface area (Å²) in [6, 6.07) is 54.1. The highest BCUT2D eigenvalue weighted by molar-refractivity contribution is 6.26. The number of hydrogen-bond donors (Lipinski definition) is 0. The Labute approximate surface area is 251 Å². The third-order valence-corrected chi connectivity index (χ3v) is 9.83. The lowest BCUT2D eigenvalue weighted by Gasteiger charge is -2.24. The van der Waals surface area contributed by atoms with Crippen LogP contribution in [0, 0.1) is 0 Å². The van der Waals surface area contributed by atoms with Crippen molar-refractivity contribution in [3.63, 3.8) is 0 Å². The smallest absolute Gasteiger partial charge is 0.0165 e. The molecule has 8 aromatic carbocycles. The minimum absolute atomic E-state index is 0.0498. The molecule has 1 aliphatic rings. The Morgan fingerprint density at radius 3 is 1.49 bits per heavy atom. The molecule has 0 nitrogen and oxygen atoms in total. The molecule has 0 heterocycles. The first-order valence-corrected chi connectivity index (χ1v) is 15.2. The molecule has 0 unspecified atom stereocenters. The van der Waals surface area contributed by atoms with E-state index in [2.05, 4.69) is 159 Å². The van der Waals surface area contributed by atoms with Crippen LogP contribution in [-0.4, -0.2) is 0 Å². The molecule has 0 bridgehead atoms. The summed E-state index contributed by atoms with van der Waals surface area (Å²) < 4.78 is 0. The normalized spacial score (nSPS) is 13.5. The van der Waals surface area contributed by atoms with Gasteiger partial charge in [0, 0.05) is 5.41 Å². The van der Waals surface area contributed by atoms with E-state index >= 15 is 0 Å². The van der Waals surface area contributed by atoms with E-state index in [1.54, 1.807) is 0 Å². The zero-order valence-corrected chi connectivity index (χ0v) is 24.4. The maximum Gasteiger partial charge on any atom is 0.0165 e. The van der Waals surface area contributed by atoms with Gasteiger partial charge in [-0.2, -0.15) is 0 Å². The Bertz CT molecular complexity index is 2390. The van der Waals surface area contributed by atoms with Gasteiger partial charge in [0.1, 0.15) is 0 Å². The summed E-state index contributed by atoms with van der Waals surface area (Å²) >= 11 is 0. The lowest BCUT2D eigenvalue weighted by molar-refractivity contribution is 0.666. The van der Waals surface area contributed by atoms with E-state index in [4.69, 9.17) is 0 Å². The minimum atomic E-state index is -0.0498. The van der Waals surface area contributed by atoms with Crippen LogP contribution < -0.4 is 0 Å². The Morgan fingerprint density at radius 1 is 0.326 bits per heavy atom. The van der Waals surface area contributed by atoms with Crippen molar-refractivity contribution < 1.29 is 0 Å². The van der Waals surface area contributed by atoms with E-state index in [1.807, 2.05) is 0 Å². The maximum absolute atomic E-state index is 2.47. The van der Waals surface area contributed by atoms with Gasteiger partial charge in [0.25, 0.3) is 0 Å². The Balaban J connectivity index is 1.34. The van der Waals surface area contributed by atoms with Crippen LogP contribution in [0.3, 0.4) is 0 Å². The molecule has 0 atom stereocenters. The van der Waals surface area contributed by atoms with Crippen molar-refractivity contribution in [1.29, 1.82) is 0 Å². The number of hydrogen-bond acceptors (Lipinski definition) is 0. The second kappa shape index (κ2) is 8.90. The fourth-order valence-corrected chi connectivity index (χ4v) is 7.93. The Morgan fingerprint density at radius 2 is 0.814 bits per heavy atom. The fourth-order valence-electron chi connectivity index (χ4n) is 7.93. The first kappa shape index (κ1) is 24.4.